The predicted octanol–water partition coefficient (Wildman–Crippen LogP) is 4.82. The highest BCUT2D eigenvalue weighted by atomic mass is 32.2. The summed E-state index contributed by atoms with van der Waals surface area (Å²) >= 11 is 1.33. The van der Waals surface area contributed by atoms with Gasteiger partial charge in [-0.3, -0.25) is 0 Å². The summed E-state index contributed by atoms with van der Waals surface area (Å²) in [4.78, 5) is 4.15. The van der Waals surface area contributed by atoms with Gasteiger partial charge >= 0.3 is 0 Å². The van der Waals surface area contributed by atoms with E-state index in [2.05, 4.69) is 9.71 Å². The molecule has 2 aromatic carbocycles. The summed E-state index contributed by atoms with van der Waals surface area (Å²) in [7, 11) is 1.48. The fourth-order valence-corrected chi connectivity index (χ4v) is 2.90. The van der Waals surface area contributed by atoms with Crippen LogP contribution in [0.2, 0.25) is 0 Å². The maximum absolute atomic E-state index is 13.8. The molecule has 0 fully saturated rings. The number of anilines is 1. The summed E-state index contributed by atoms with van der Waals surface area (Å²) in [6.45, 7) is 0. The molecule has 0 spiro atoms. The highest BCUT2D eigenvalue weighted by Gasteiger charge is 2.11. The molecule has 3 aromatic rings. The van der Waals surface area contributed by atoms with Crippen molar-refractivity contribution in [3.63, 3.8) is 0 Å². The third-order valence-corrected chi connectivity index (χ3v) is 4.22. The average molecular weight is 339 g/mol. The van der Waals surface area contributed by atoms with Crippen molar-refractivity contribution < 1.29 is 9.13 Å². The molecule has 0 aliphatic carbocycles. The number of nitriles is 1. The van der Waals surface area contributed by atoms with Gasteiger partial charge in [0.05, 0.1) is 18.4 Å². The number of ether oxygens (including phenoxy) is 1. The highest BCUT2D eigenvalue weighted by molar-refractivity contribution is 8.00. The Kier molecular flexibility index (Phi) is 4.73. The molecule has 1 aromatic heterocycles. The molecule has 0 saturated carbocycles. The Balaban J connectivity index is 1.76. The second-order valence-corrected chi connectivity index (χ2v) is 5.84. The van der Waals surface area contributed by atoms with Crippen LogP contribution in [0.1, 0.15) is 5.56 Å². The van der Waals surface area contributed by atoms with Crippen LogP contribution in [0.15, 0.2) is 59.6 Å². The van der Waals surface area contributed by atoms with Crippen LogP contribution in [-0.2, 0) is 0 Å². The fourth-order valence-electron chi connectivity index (χ4n) is 2.22. The van der Waals surface area contributed by atoms with Gasteiger partial charge in [-0.05, 0) is 23.6 Å². The van der Waals surface area contributed by atoms with Gasteiger partial charge in [-0.25, -0.2) is 4.39 Å². The Morgan fingerprint density at radius 2 is 2.00 bits per heavy atom. The fraction of sp³-hybridized carbons (Fsp3) is 0.0556. The molecule has 0 saturated heterocycles. The van der Waals surface area contributed by atoms with Gasteiger partial charge in [0.15, 0.2) is 0 Å². The summed E-state index contributed by atoms with van der Waals surface area (Å²) < 4.78 is 22.0. The van der Waals surface area contributed by atoms with Crippen molar-refractivity contribution in [1.82, 2.24) is 4.98 Å². The van der Waals surface area contributed by atoms with Crippen LogP contribution >= 0.6 is 11.9 Å². The van der Waals surface area contributed by atoms with Crippen LogP contribution in [0.3, 0.4) is 0 Å². The largest absolute Gasteiger partial charge is 0.495 e. The molecule has 0 unspecified atom stereocenters. The van der Waals surface area contributed by atoms with Crippen molar-refractivity contribution in [3.05, 3.63) is 66.1 Å². The first-order valence-electron chi connectivity index (χ1n) is 7.15. The zero-order valence-electron chi connectivity index (χ0n) is 12.8. The Labute approximate surface area is 143 Å². The number of hydrogen-bond donors (Lipinski definition) is 2. The van der Waals surface area contributed by atoms with E-state index in [1.165, 1.54) is 31.2 Å². The van der Waals surface area contributed by atoms with Gasteiger partial charge < -0.3 is 14.4 Å². The quantitative estimate of drug-likeness (QED) is 0.654. The van der Waals surface area contributed by atoms with Crippen molar-refractivity contribution in [2.45, 2.75) is 4.90 Å². The number of methoxy groups -OCH3 is 1. The minimum atomic E-state index is -0.583. The summed E-state index contributed by atoms with van der Waals surface area (Å²) in [5.74, 6) is -0.167. The molecule has 1 heterocycles. The highest BCUT2D eigenvalue weighted by Crippen LogP contribution is 2.32. The standard InChI is InChI=1S/C18H14FN3OS/c1-23-18-7-13(10-20)15(19)9-17(18)22-24-14-8-16(21-11-14)12-5-3-2-4-6-12/h2-9,11,21-22H,1H3. The molecule has 6 heteroatoms. The van der Waals surface area contributed by atoms with Crippen LogP contribution in [0, 0.1) is 17.1 Å². The first-order valence-corrected chi connectivity index (χ1v) is 7.97. The number of nitrogens with zero attached hydrogens (tertiary/aromatic N) is 1. The summed E-state index contributed by atoms with van der Waals surface area (Å²) in [5.41, 5.74) is 2.51. The maximum Gasteiger partial charge on any atom is 0.144 e. The van der Waals surface area contributed by atoms with E-state index in [1.807, 2.05) is 42.6 Å². The lowest BCUT2D eigenvalue weighted by molar-refractivity contribution is 0.416. The second kappa shape index (κ2) is 7.11. The van der Waals surface area contributed by atoms with Crippen molar-refractivity contribution in [3.8, 4) is 23.1 Å². The van der Waals surface area contributed by atoms with E-state index in [0.717, 1.165) is 16.2 Å². The number of benzene rings is 2. The molecule has 0 amide bonds. The Bertz CT molecular complexity index is 887. The van der Waals surface area contributed by atoms with E-state index in [0.29, 0.717) is 11.4 Å². The SMILES string of the molecule is COc1cc(C#N)c(F)cc1NSc1c[nH]c(-c2ccccc2)c1. The lowest BCUT2D eigenvalue weighted by Gasteiger charge is -2.10. The van der Waals surface area contributed by atoms with Crippen molar-refractivity contribution in [1.29, 1.82) is 5.26 Å². The minimum Gasteiger partial charge on any atom is -0.495 e. The predicted molar refractivity (Wildman–Crippen MR) is 93.4 cm³/mol. The Hall–Kier alpha value is -2.91. The molecule has 3 rings (SSSR count). The molecule has 0 bridgehead atoms. The van der Waals surface area contributed by atoms with Gasteiger partial charge in [-0.1, -0.05) is 30.3 Å². The number of aromatic amines is 1. The average Bonchev–Trinajstić information content (AvgIpc) is 3.10. The van der Waals surface area contributed by atoms with Crippen molar-refractivity contribution >= 4 is 17.6 Å². The second-order valence-electron chi connectivity index (χ2n) is 4.96. The number of nitrogens with one attached hydrogen (secondary N) is 2. The monoisotopic (exact) mass is 339 g/mol. The van der Waals surface area contributed by atoms with Gasteiger partial charge in [0.2, 0.25) is 0 Å². The molecular formula is C18H14FN3OS. The molecule has 4 nitrogen and oxygen atoms in total. The zero-order valence-corrected chi connectivity index (χ0v) is 13.7. The zero-order chi connectivity index (χ0) is 16.9. The summed E-state index contributed by atoms with van der Waals surface area (Å²) in [6.07, 6.45) is 1.87. The van der Waals surface area contributed by atoms with E-state index in [1.54, 1.807) is 6.07 Å². The van der Waals surface area contributed by atoms with Gasteiger partial charge in [-0.15, -0.1) is 0 Å². The Morgan fingerprint density at radius 1 is 1.21 bits per heavy atom. The van der Waals surface area contributed by atoms with E-state index in [4.69, 9.17) is 10.00 Å². The normalized spacial score (nSPS) is 10.2. The molecular weight excluding hydrogens is 325 g/mol. The Morgan fingerprint density at radius 3 is 2.71 bits per heavy atom. The van der Waals surface area contributed by atoms with Crippen LogP contribution in [0.4, 0.5) is 10.1 Å². The van der Waals surface area contributed by atoms with E-state index >= 15 is 0 Å². The molecule has 2 N–H and O–H groups in total. The number of halogens is 1. The number of aromatic nitrogens is 1. The first kappa shape index (κ1) is 16.0. The maximum atomic E-state index is 13.8. The first-order chi connectivity index (χ1) is 11.7. The van der Waals surface area contributed by atoms with Crippen LogP contribution in [-0.4, -0.2) is 12.1 Å². The lowest BCUT2D eigenvalue weighted by Crippen LogP contribution is -1.95. The molecule has 0 aliphatic rings. The van der Waals surface area contributed by atoms with E-state index in [9.17, 15) is 4.39 Å². The topological polar surface area (TPSA) is 60.8 Å². The minimum absolute atomic E-state index is 0.0459. The molecule has 0 aliphatic heterocycles. The third-order valence-electron chi connectivity index (χ3n) is 3.43. The van der Waals surface area contributed by atoms with Gasteiger partial charge in [0.1, 0.15) is 17.6 Å². The van der Waals surface area contributed by atoms with Gasteiger partial charge in [0.25, 0.3) is 0 Å². The summed E-state index contributed by atoms with van der Waals surface area (Å²) in [5, 5.41) is 8.87. The molecule has 0 atom stereocenters. The van der Waals surface area contributed by atoms with Gasteiger partial charge in [-0.2, -0.15) is 5.26 Å². The van der Waals surface area contributed by atoms with Crippen LogP contribution < -0.4 is 9.46 Å². The summed E-state index contributed by atoms with van der Waals surface area (Å²) in [6, 6.07) is 16.4. The van der Waals surface area contributed by atoms with Crippen molar-refractivity contribution in [2.24, 2.45) is 0 Å². The lowest BCUT2D eigenvalue weighted by atomic mass is 10.2. The van der Waals surface area contributed by atoms with E-state index < -0.39 is 5.82 Å². The number of H-pyrrole nitrogens is 1. The van der Waals surface area contributed by atoms with Crippen molar-refractivity contribution in [2.75, 3.05) is 11.8 Å². The number of hydrogen-bond acceptors (Lipinski definition) is 4. The molecule has 24 heavy (non-hydrogen) atoms. The third kappa shape index (κ3) is 3.36. The smallest absolute Gasteiger partial charge is 0.144 e. The molecule has 120 valence electrons. The van der Waals surface area contributed by atoms with Gasteiger partial charge in [0, 0.05) is 28.9 Å². The molecule has 0 radical (unpaired) electrons. The number of rotatable bonds is 5. The van der Waals surface area contributed by atoms with E-state index in [-0.39, 0.29) is 5.56 Å². The van der Waals surface area contributed by atoms with Crippen LogP contribution in [0.25, 0.3) is 11.3 Å². The van der Waals surface area contributed by atoms with Crippen LogP contribution in [0.5, 0.6) is 5.75 Å².